The van der Waals surface area contributed by atoms with Crippen LogP contribution in [0, 0.1) is 6.92 Å². The van der Waals surface area contributed by atoms with Gasteiger partial charge >= 0.3 is 0 Å². The lowest BCUT2D eigenvalue weighted by Gasteiger charge is -2.07. The van der Waals surface area contributed by atoms with E-state index in [-0.39, 0.29) is 6.61 Å². The molecule has 55 valence electrons. The lowest BCUT2D eigenvalue weighted by atomic mass is 10.1. The molecule has 0 saturated heterocycles. The Morgan fingerprint density at radius 1 is 1.22 bits per heavy atom. The summed E-state index contributed by atoms with van der Waals surface area (Å²) in [6.07, 6.45) is -0.504. The van der Waals surface area contributed by atoms with Gasteiger partial charge in [0.15, 0.2) is 0 Å². The highest BCUT2D eigenvalue weighted by molar-refractivity contribution is 4.60. The molecule has 0 saturated carbocycles. The van der Waals surface area contributed by atoms with Crippen molar-refractivity contribution in [1.82, 2.24) is 0 Å². The highest BCUT2D eigenvalue weighted by Gasteiger charge is 2.03. The molecule has 0 fully saturated rings. The molecule has 0 aliphatic rings. The van der Waals surface area contributed by atoms with Gasteiger partial charge in [-0.2, -0.15) is 0 Å². The van der Waals surface area contributed by atoms with Gasteiger partial charge in [-0.05, 0) is 19.8 Å². The molecule has 9 heavy (non-hydrogen) atoms. The Kier molecular flexibility index (Phi) is 4.67. The minimum Gasteiger partial charge on any atom is -0.394 e. The normalized spacial score (nSPS) is 17.3. The molecule has 0 spiro atoms. The summed E-state index contributed by atoms with van der Waals surface area (Å²) in [6.45, 7) is 3.06. The average molecular weight is 133 g/mol. The van der Waals surface area contributed by atoms with Crippen LogP contribution in [-0.2, 0) is 0 Å². The van der Waals surface area contributed by atoms with E-state index in [1.165, 1.54) is 0 Å². The van der Waals surface area contributed by atoms with E-state index in [0.29, 0.717) is 12.8 Å². The van der Waals surface area contributed by atoms with Crippen molar-refractivity contribution >= 4 is 0 Å². The third kappa shape index (κ3) is 5.76. The van der Waals surface area contributed by atoms with Crippen molar-refractivity contribution in [2.45, 2.75) is 25.0 Å². The molecule has 0 aromatic carbocycles. The Labute approximate surface area is 54.9 Å². The van der Waals surface area contributed by atoms with Crippen LogP contribution >= 0.6 is 0 Å². The summed E-state index contributed by atoms with van der Waals surface area (Å²) in [5.41, 5.74) is 0. The summed E-state index contributed by atoms with van der Waals surface area (Å²) in [7, 11) is 0. The molecular formula is C6H13O3. The van der Waals surface area contributed by atoms with E-state index in [2.05, 4.69) is 6.92 Å². The Bertz CT molecular complexity index is 63.3. The summed E-state index contributed by atoms with van der Waals surface area (Å²) in [5, 5.41) is 25.6. The molecule has 3 nitrogen and oxygen atoms in total. The fourth-order valence-electron chi connectivity index (χ4n) is 0.476. The van der Waals surface area contributed by atoms with Crippen LogP contribution in [-0.4, -0.2) is 34.1 Å². The van der Waals surface area contributed by atoms with Crippen LogP contribution < -0.4 is 0 Å². The van der Waals surface area contributed by atoms with Crippen molar-refractivity contribution in [3.63, 3.8) is 0 Å². The summed E-state index contributed by atoms with van der Waals surface area (Å²) in [5.74, 6) is 0. The average Bonchev–Trinajstić information content (AvgIpc) is 1.83. The molecule has 0 rings (SSSR count). The maximum Gasteiger partial charge on any atom is 0.0771 e. The van der Waals surface area contributed by atoms with Crippen molar-refractivity contribution in [1.29, 1.82) is 0 Å². The van der Waals surface area contributed by atoms with Crippen molar-refractivity contribution in [2.75, 3.05) is 6.61 Å². The second kappa shape index (κ2) is 4.73. The van der Waals surface area contributed by atoms with E-state index >= 15 is 0 Å². The molecule has 0 aliphatic carbocycles. The zero-order valence-corrected chi connectivity index (χ0v) is 5.32. The number of hydrogen-bond acceptors (Lipinski definition) is 3. The Morgan fingerprint density at radius 2 is 1.78 bits per heavy atom. The molecule has 3 N–H and O–H groups in total. The molecule has 3 heteroatoms. The van der Waals surface area contributed by atoms with Crippen LogP contribution in [0.3, 0.4) is 0 Å². The predicted molar refractivity (Wildman–Crippen MR) is 33.7 cm³/mol. The van der Waals surface area contributed by atoms with Gasteiger partial charge in [-0.1, -0.05) is 0 Å². The smallest absolute Gasteiger partial charge is 0.0771 e. The van der Waals surface area contributed by atoms with Crippen LogP contribution in [0.1, 0.15) is 12.8 Å². The van der Waals surface area contributed by atoms with E-state index in [0.717, 1.165) is 0 Å². The molecule has 0 aromatic heterocycles. The summed E-state index contributed by atoms with van der Waals surface area (Å²) < 4.78 is 0. The number of aliphatic hydroxyl groups excluding tert-OH is 3. The van der Waals surface area contributed by atoms with Crippen LogP contribution in [0.5, 0.6) is 0 Å². The minimum atomic E-state index is -0.707. The SMILES string of the molecule is [CH2]C(O)CCC(O)CO. The Hall–Kier alpha value is -0.120. The zero-order chi connectivity index (χ0) is 7.28. The second-order valence-electron chi connectivity index (χ2n) is 2.07. The van der Waals surface area contributed by atoms with Gasteiger partial charge in [0.25, 0.3) is 0 Å². The third-order valence-corrected chi connectivity index (χ3v) is 1.04. The first kappa shape index (κ1) is 8.88. The standard InChI is InChI=1S/C6H13O3/c1-5(8)2-3-6(9)4-7/h5-9H,1-4H2. The van der Waals surface area contributed by atoms with Crippen molar-refractivity contribution < 1.29 is 15.3 Å². The second-order valence-corrected chi connectivity index (χ2v) is 2.07. The quantitative estimate of drug-likeness (QED) is 0.476. The number of rotatable bonds is 4. The topological polar surface area (TPSA) is 60.7 Å². The highest BCUT2D eigenvalue weighted by Crippen LogP contribution is 1.99. The number of hydrogen-bond donors (Lipinski definition) is 3. The first-order chi connectivity index (χ1) is 4.16. The lowest BCUT2D eigenvalue weighted by Crippen LogP contribution is -2.14. The van der Waals surface area contributed by atoms with Crippen molar-refractivity contribution in [2.24, 2.45) is 0 Å². The monoisotopic (exact) mass is 133 g/mol. The third-order valence-electron chi connectivity index (χ3n) is 1.04. The van der Waals surface area contributed by atoms with Crippen LogP contribution in [0.25, 0.3) is 0 Å². The van der Waals surface area contributed by atoms with Gasteiger partial charge in [0.2, 0.25) is 0 Å². The van der Waals surface area contributed by atoms with Crippen LogP contribution in [0.2, 0.25) is 0 Å². The van der Waals surface area contributed by atoms with E-state index in [9.17, 15) is 0 Å². The van der Waals surface area contributed by atoms with Gasteiger partial charge in [0, 0.05) is 0 Å². The van der Waals surface area contributed by atoms with Crippen molar-refractivity contribution in [3.8, 4) is 0 Å². The Balaban J connectivity index is 3.06. The van der Waals surface area contributed by atoms with Gasteiger partial charge in [0.05, 0.1) is 18.8 Å². The summed E-state index contributed by atoms with van der Waals surface area (Å²) >= 11 is 0. The fraction of sp³-hybridized carbons (Fsp3) is 0.833. The maximum atomic E-state index is 8.72. The minimum absolute atomic E-state index is 0.243. The molecule has 1 radical (unpaired) electrons. The van der Waals surface area contributed by atoms with Crippen molar-refractivity contribution in [3.05, 3.63) is 6.92 Å². The van der Waals surface area contributed by atoms with Crippen LogP contribution in [0.4, 0.5) is 0 Å². The lowest BCUT2D eigenvalue weighted by molar-refractivity contribution is 0.0751. The summed E-state index contributed by atoms with van der Waals surface area (Å²) in [6, 6.07) is 0. The first-order valence-electron chi connectivity index (χ1n) is 2.97. The Morgan fingerprint density at radius 3 is 2.11 bits per heavy atom. The highest BCUT2D eigenvalue weighted by atomic mass is 16.3. The molecule has 0 amide bonds. The molecule has 0 heterocycles. The molecule has 0 aromatic rings. The van der Waals surface area contributed by atoms with E-state index in [4.69, 9.17) is 15.3 Å². The van der Waals surface area contributed by atoms with E-state index in [1.807, 2.05) is 0 Å². The molecule has 0 aliphatic heterocycles. The van der Waals surface area contributed by atoms with Gasteiger partial charge in [-0.15, -0.1) is 0 Å². The maximum absolute atomic E-state index is 8.72. The molecule has 0 bridgehead atoms. The van der Waals surface area contributed by atoms with E-state index in [1.54, 1.807) is 0 Å². The first-order valence-corrected chi connectivity index (χ1v) is 2.97. The molecule has 2 atom stereocenters. The van der Waals surface area contributed by atoms with Gasteiger partial charge in [0.1, 0.15) is 0 Å². The predicted octanol–water partition coefficient (Wildman–Crippen LogP) is -0.685. The van der Waals surface area contributed by atoms with Gasteiger partial charge in [-0.3, -0.25) is 0 Å². The van der Waals surface area contributed by atoms with Gasteiger partial charge in [-0.25, -0.2) is 0 Å². The molecule has 2 unspecified atom stereocenters. The largest absolute Gasteiger partial charge is 0.394 e. The summed E-state index contributed by atoms with van der Waals surface area (Å²) in [4.78, 5) is 0. The van der Waals surface area contributed by atoms with Crippen LogP contribution in [0.15, 0.2) is 0 Å². The fourth-order valence-corrected chi connectivity index (χ4v) is 0.476. The molecular weight excluding hydrogens is 120 g/mol. The zero-order valence-electron chi connectivity index (χ0n) is 5.32. The number of aliphatic hydroxyl groups is 3. The van der Waals surface area contributed by atoms with Gasteiger partial charge < -0.3 is 15.3 Å². The van der Waals surface area contributed by atoms with E-state index < -0.39 is 12.2 Å².